The number of amides is 1. The highest BCUT2D eigenvalue weighted by molar-refractivity contribution is 5.80. The van der Waals surface area contributed by atoms with Crippen LogP contribution in [0.2, 0.25) is 0 Å². The molecule has 0 spiro atoms. The summed E-state index contributed by atoms with van der Waals surface area (Å²) in [7, 11) is 1.59. The van der Waals surface area contributed by atoms with Gasteiger partial charge in [-0.25, -0.2) is 4.79 Å². The van der Waals surface area contributed by atoms with Gasteiger partial charge in [0, 0.05) is 38.5 Å². The average molecular weight is 699 g/mol. The van der Waals surface area contributed by atoms with Crippen LogP contribution in [-0.2, 0) is 33.3 Å². The molecule has 5 atom stereocenters. The van der Waals surface area contributed by atoms with Crippen LogP contribution in [-0.4, -0.2) is 107 Å². The monoisotopic (exact) mass is 698 g/mol. The number of hydrogen-bond acceptors (Lipinski definition) is 12. The molecule has 0 saturated carbocycles. The van der Waals surface area contributed by atoms with Crippen molar-refractivity contribution >= 4 is 18.0 Å². The zero-order chi connectivity index (χ0) is 35.5. The molecule has 0 radical (unpaired) electrons. The smallest absolute Gasteiger partial charge is 0.497 e. The lowest BCUT2D eigenvalue weighted by molar-refractivity contribution is -0.176. The van der Waals surface area contributed by atoms with E-state index >= 15 is 0 Å². The number of esters is 1. The Morgan fingerprint density at radius 1 is 0.940 bits per heavy atom. The third-order valence-electron chi connectivity index (χ3n) is 9.22. The van der Waals surface area contributed by atoms with Gasteiger partial charge in [0.2, 0.25) is 19.0 Å². The fourth-order valence-corrected chi connectivity index (χ4v) is 6.62. The van der Waals surface area contributed by atoms with E-state index in [1.54, 1.807) is 7.11 Å². The summed E-state index contributed by atoms with van der Waals surface area (Å²) in [5, 5.41) is 0. The second-order valence-corrected chi connectivity index (χ2v) is 12.7. The summed E-state index contributed by atoms with van der Waals surface area (Å²) in [6.45, 7) is 8.81. The Morgan fingerprint density at radius 2 is 1.66 bits per heavy atom. The lowest BCUT2D eigenvalue weighted by Gasteiger charge is -2.31. The van der Waals surface area contributed by atoms with E-state index in [1.807, 2.05) is 47.4 Å². The van der Waals surface area contributed by atoms with Crippen molar-refractivity contribution in [2.24, 2.45) is 5.92 Å². The van der Waals surface area contributed by atoms with E-state index in [-0.39, 0.29) is 25.9 Å². The topological polar surface area (TPSA) is 132 Å². The number of carbonyl (C=O) groups excluding carboxylic acids is 3. The Kier molecular flexibility index (Phi) is 13.6. The van der Waals surface area contributed by atoms with Crippen LogP contribution < -0.4 is 14.2 Å². The Morgan fingerprint density at radius 3 is 2.34 bits per heavy atom. The molecular weight excluding hydrogens is 648 g/mol. The van der Waals surface area contributed by atoms with Crippen molar-refractivity contribution in [2.45, 2.75) is 70.8 Å². The van der Waals surface area contributed by atoms with Crippen molar-refractivity contribution in [3.8, 4) is 17.2 Å². The SMILES string of the molecule is CCCCN(CCCC)C(=O)CN1C[C@H](c2ccc3c(c2)OCO3)[C@@H](C(=O)OC(C)OC(=O)OC[C@H]2COCCO2)[C@@H]1c1ccc(OC)cc1. The summed E-state index contributed by atoms with van der Waals surface area (Å²) in [6, 6.07) is 12.6. The number of nitrogens with zero attached hydrogens (tertiary/aromatic N) is 2. The van der Waals surface area contributed by atoms with Crippen LogP contribution in [0.15, 0.2) is 42.5 Å². The molecule has 13 nitrogen and oxygen atoms in total. The second kappa shape index (κ2) is 18.2. The number of benzene rings is 2. The summed E-state index contributed by atoms with van der Waals surface area (Å²) >= 11 is 0. The van der Waals surface area contributed by atoms with Gasteiger partial charge in [-0.05, 0) is 48.2 Å². The van der Waals surface area contributed by atoms with E-state index in [1.165, 1.54) is 6.92 Å². The van der Waals surface area contributed by atoms with Crippen LogP contribution in [0.25, 0.3) is 0 Å². The Bertz CT molecular complexity index is 1410. The molecule has 0 N–H and O–H groups in total. The van der Waals surface area contributed by atoms with Crippen molar-refractivity contribution in [3.05, 3.63) is 53.6 Å². The van der Waals surface area contributed by atoms with Crippen molar-refractivity contribution in [2.75, 3.05) is 66.5 Å². The standard InChI is InChI=1S/C37H50N2O11/c1-5-7-15-38(16-8-6-2)33(40)21-39-20-30(27-11-14-31-32(19-27)48-24-47-31)34(35(39)26-9-12-28(43-4)13-10-26)36(41)49-25(3)50-37(42)46-23-29-22-44-17-18-45-29/h9-14,19,25,29-30,34-35H,5-8,15-18,20-24H2,1-4H3/t25?,29-,30-,34-,35+/m1/s1. The molecule has 274 valence electrons. The van der Waals surface area contributed by atoms with E-state index in [0.29, 0.717) is 56.7 Å². The first-order valence-electron chi connectivity index (χ1n) is 17.6. The molecule has 0 aromatic heterocycles. The summed E-state index contributed by atoms with van der Waals surface area (Å²) in [4.78, 5) is 44.8. The first-order chi connectivity index (χ1) is 24.3. The van der Waals surface area contributed by atoms with Gasteiger partial charge in [0.15, 0.2) is 11.5 Å². The largest absolute Gasteiger partial charge is 0.511 e. The summed E-state index contributed by atoms with van der Waals surface area (Å²) in [5.41, 5.74) is 1.65. The Balaban J connectivity index is 1.41. The van der Waals surface area contributed by atoms with Crippen LogP contribution in [0.1, 0.15) is 69.5 Å². The predicted molar refractivity (Wildman–Crippen MR) is 181 cm³/mol. The molecule has 50 heavy (non-hydrogen) atoms. The number of rotatable bonds is 16. The molecule has 13 heteroatoms. The van der Waals surface area contributed by atoms with Gasteiger partial charge < -0.3 is 42.8 Å². The number of unbranched alkanes of at least 4 members (excludes halogenated alkanes) is 2. The molecule has 2 aromatic carbocycles. The molecule has 1 amide bonds. The van der Waals surface area contributed by atoms with Crippen molar-refractivity contribution in [1.29, 1.82) is 0 Å². The van der Waals surface area contributed by atoms with Crippen LogP contribution in [0.4, 0.5) is 4.79 Å². The number of fused-ring (bicyclic) bond motifs is 1. The minimum atomic E-state index is -1.25. The van der Waals surface area contributed by atoms with Gasteiger partial charge in [0.05, 0.1) is 39.4 Å². The molecule has 1 unspecified atom stereocenters. The third-order valence-corrected chi connectivity index (χ3v) is 9.22. The van der Waals surface area contributed by atoms with Crippen LogP contribution >= 0.6 is 0 Å². The quantitative estimate of drug-likeness (QED) is 0.171. The minimum Gasteiger partial charge on any atom is -0.497 e. The van der Waals surface area contributed by atoms with Gasteiger partial charge in [-0.2, -0.15) is 0 Å². The highest BCUT2D eigenvalue weighted by atomic mass is 16.8. The first-order valence-corrected chi connectivity index (χ1v) is 17.6. The molecular formula is C37H50N2O11. The second-order valence-electron chi connectivity index (χ2n) is 12.7. The molecule has 0 aliphatic carbocycles. The third kappa shape index (κ3) is 9.58. The van der Waals surface area contributed by atoms with E-state index in [4.69, 9.17) is 37.9 Å². The maximum atomic E-state index is 14.3. The van der Waals surface area contributed by atoms with Crippen LogP contribution in [0, 0.1) is 5.92 Å². The summed E-state index contributed by atoms with van der Waals surface area (Å²) < 4.78 is 43.8. The normalized spacial score (nSPS) is 22.1. The molecule has 2 saturated heterocycles. The van der Waals surface area contributed by atoms with E-state index in [9.17, 15) is 14.4 Å². The van der Waals surface area contributed by atoms with E-state index in [2.05, 4.69) is 18.7 Å². The van der Waals surface area contributed by atoms with Gasteiger partial charge in [-0.3, -0.25) is 14.5 Å². The van der Waals surface area contributed by atoms with Crippen molar-refractivity contribution in [1.82, 2.24) is 9.80 Å². The zero-order valence-corrected chi connectivity index (χ0v) is 29.5. The fraction of sp³-hybridized carbons (Fsp3) is 0.595. The molecule has 2 aromatic rings. The molecule has 5 rings (SSSR count). The Hall–Kier alpha value is -4.07. The number of methoxy groups -OCH3 is 1. The maximum Gasteiger partial charge on any atom is 0.511 e. The highest BCUT2D eigenvalue weighted by Crippen LogP contribution is 2.48. The highest BCUT2D eigenvalue weighted by Gasteiger charge is 2.49. The number of likely N-dealkylation sites (tertiary alicyclic amines) is 1. The number of ether oxygens (including phenoxy) is 8. The van der Waals surface area contributed by atoms with Gasteiger partial charge in [0.1, 0.15) is 18.5 Å². The van der Waals surface area contributed by atoms with Gasteiger partial charge in [0.25, 0.3) is 0 Å². The Labute approximate surface area is 294 Å². The zero-order valence-electron chi connectivity index (χ0n) is 29.5. The first kappa shape index (κ1) is 37.2. The fourth-order valence-electron chi connectivity index (χ4n) is 6.62. The lowest BCUT2D eigenvalue weighted by atomic mass is 9.82. The molecule has 2 fully saturated rings. The van der Waals surface area contributed by atoms with Gasteiger partial charge >= 0.3 is 12.1 Å². The summed E-state index contributed by atoms with van der Waals surface area (Å²) in [6.07, 6.45) is 1.14. The lowest BCUT2D eigenvalue weighted by Crippen LogP contribution is -2.42. The van der Waals surface area contributed by atoms with Crippen molar-refractivity contribution < 1.29 is 52.3 Å². The number of hydrogen-bond donors (Lipinski definition) is 0. The molecule has 3 aliphatic rings. The molecule has 3 heterocycles. The maximum absolute atomic E-state index is 14.3. The van der Waals surface area contributed by atoms with Gasteiger partial charge in [-0.1, -0.05) is 44.9 Å². The average Bonchev–Trinajstić information content (AvgIpc) is 3.76. The molecule has 0 bridgehead atoms. The molecule has 3 aliphatic heterocycles. The van der Waals surface area contributed by atoms with Crippen molar-refractivity contribution in [3.63, 3.8) is 0 Å². The van der Waals surface area contributed by atoms with Gasteiger partial charge in [-0.15, -0.1) is 0 Å². The van der Waals surface area contributed by atoms with E-state index in [0.717, 1.165) is 36.8 Å². The van der Waals surface area contributed by atoms with Crippen LogP contribution in [0.3, 0.4) is 0 Å². The summed E-state index contributed by atoms with van der Waals surface area (Å²) in [5.74, 6) is 0.111. The minimum absolute atomic E-state index is 0.00987. The van der Waals surface area contributed by atoms with Crippen LogP contribution in [0.5, 0.6) is 17.2 Å². The predicted octanol–water partition coefficient (Wildman–Crippen LogP) is 5.07. The van der Waals surface area contributed by atoms with E-state index < -0.39 is 42.4 Å². The number of carbonyl (C=O) groups is 3.